The third-order valence-electron chi connectivity index (χ3n) is 5.15. The Bertz CT molecular complexity index is 251. The Kier molecular flexibility index (Phi) is 6.11. The molecule has 2 aliphatic rings. The maximum absolute atomic E-state index is 5.58. The zero-order valence-corrected chi connectivity index (χ0v) is 13.0. The molecule has 0 amide bonds. The summed E-state index contributed by atoms with van der Waals surface area (Å²) >= 11 is 0. The molecule has 1 N–H and O–H groups in total. The molecule has 1 aliphatic heterocycles. The van der Waals surface area contributed by atoms with Gasteiger partial charge in [-0.2, -0.15) is 0 Å². The highest BCUT2D eigenvalue weighted by molar-refractivity contribution is 4.80. The molecule has 1 saturated carbocycles. The van der Waals surface area contributed by atoms with Crippen LogP contribution >= 0.6 is 0 Å². The molecule has 0 aromatic rings. The fourth-order valence-electron chi connectivity index (χ4n) is 3.50. The van der Waals surface area contributed by atoms with Gasteiger partial charge in [-0.3, -0.25) is 4.90 Å². The van der Waals surface area contributed by atoms with Crippen LogP contribution in [0.15, 0.2) is 0 Å². The number of ether oxygens (including phenoxy) is 1. The predicted octanol–water partition coefficient (Wildman–Crippen LogP) is 2.51. The molecule has 112 valence electrons. The van der Waals surface area contributed by atoms with Crippen LogP contribution in [-0.4, -0.2) is 50.3 Å². The standard InChI is InChI=1S/C16H32N2O/c1-13-4-6-15(7-5-13)17-9-11-18-10-8-14(2)16(12-18)19-3/h13-17H,4-12H2,1-3H3. The molecule has 2 unspecified atom stereocenters. The number of methoxy groups -OCH3 is 1. The number of piperidine rings is 1. The van der Waals surface area contributed by atoms with Crippen molar-refractivity contribution in [3.63, 3.8) is 0 Å². The number of hydrogen-bond donors (Lipinski definition) is 1. The summed E-state index contributed by atoms with van der Waals surface area (Å²) in [6.45, 7) is 9.37. The van der Waals surface area contributed by atoms with Crippen molar-refractivity contribution in [2.45, 2.75) is 58.1 Å². The number of likely N-dealkylation sites (tertiary alicyclic amines) is 1. The molecule has 19 heavy (non-hydrogen) atoms. The Hall–Kier alpha value is -0.120. The van der Waals surface area contributed by atoms with Crippen molar-refractivity contribution in [2.75, 3.05) is 33.3 Å². The molecule has 3 nitrogen and oxygen atoms in total. The molecule has 0 aromatic carbocycles. The van der Waals surface area contributed by atoms with Crippen molar-refractivity contribution >= 4 is 0 Å². The van der Waals surface area contributed by atoms with E-state index in [-0.39, 0.29) is 0 Å². The molecule has 0 spiro atoms. The quantitative estimate of drug-likeness (QED) is 0.829. The molecular weight excluding hydrogens is 236 g/mol. The summed E-state index contributed by atoms with van der Waals surface area (Å²) in [6, 6.07) is 0.776. The Balaban J connectivity index is 1.60. The molecule has 2 rings (SSSR count). The van der Waals surface area contributed by atoms with Crippen molar-refractivity contribution in [3.05, 3.63) is 0 Å². The van der Waals surface area contributed by atoms with Crippen molar-refractivity contribution in [2.24, 2.45) is 11.8 Å². The summed E-state index contributed by atoms with van der Waals surface area (Å²) in [5, 5.41) is 3.75. The zero-order valence-electron chi connectivity index (χ0n) is 13.0. The van der Waals surface area contributed by atoms with E-state index in [4.69, 9.17) is 4.74 Å². The summed E-state index contributed by atoms with van der Waals surface area (Å²) in [4.78, 5) is 2.56. The van der Waals surface area contributed by atoms with Crippen LogP contribution in [0.4, 0.5) is 0 Å². The topological polar surface area (TPSA) is 24.5 Å². The first-order valence-electron chi connectivity index (χ1n) is 8.17. The molecule has 0 radical (unpaired) electrons. The lowest BCUT2D eigenvalue weighted by Crippen LogP contribution is -2.47. The van der Waals surface area contributed by atoms with Gasteiger partial charge >= 0.3 is 0 Å². The Labute approximate surface area is 119 Å². The van der Waals surface area contributed by atoms with Gasteiger partial charge in [0, 0.05) is 32.8 Å². The third kappa shape index (κ3) is 4.73. The van der Waals surface area contributed by atoms with Crippen LogP contribution in [0.2, 0.25) is 0 Å². The molecule has 3 heteroatoms. The lowest BCUT2D eigenvalue weighted by Gasteiger charge is -2.36. The van der Waals surface area contributed by atoms with Crippen LogP contribution in [0.3, 0.4) is 0 Å². The van der Waals surface area contributed by atoms with Crippen molar-refractivity contribution in [1.29, 1.82) is 0 Å². The van der Waals surface area contributed by atoms with E-state index in [2.05, 4.69) is 24.1 Å². The minimum atomic E-state index is 0.435. The Morgan fingerprint density at radius 2 is 1.84 bits per heavy atom. The molecule has 0 aromatic heterocycles. The number of nitrogens with one attached hydrogen (secondary N) is 1. The van der Waals surface area contributed by atoms with E-state index in [9.17, 15) is 0 Å². The van der Waals surface area contributed by atoms with Crippen molar-refractivity contribution in [1.82, 2.24) is 10.2 Å². The average Bonchev–Trinajstić information content (AvgIpc) is 2.43. The van der Waals surface area contributed by atoms with E-state index in [1.54, 1.807) is 0 Å². The van der Waals surface area contributed by atoms with Crippen molar-refractivity contribution < 1.29 is 4.74 Å². The van der Waals surface area contributed by atoms with Gasteiger partial charge < -0.3 is 10.1 Å². The second-order valence-electron chi connectivity index (χ2n) is 6.75. The molecule has 1 heterocycles. The van der Waals surface area contributed by atoms with Gasteiger partial charge in [-0.1, -0.05) is 13.8 Å². The van der Waals surface area contributed by atoms with Crippen LogP contribution in [-0.2, 0) is 4.74 Å². The first-order valence-corrected chi connectivity index (χ1v) is 8.17. The summed E-state index contributed by atoms with van der Waals surface area (Å²) in [5.74, 6) is 1.66. The van der Waals surface area contributed by atoms with Gasteiger partial charge in [0.05, 0.1) is 6.10 Å². The predicted molar refractivity (Wildman–Crippen MR) is 80.4 cm³/mol. The number of rotatable bonds is 5. The normalized spacial score (nSPS) is 37.4. The van der Waals surface area contributed by atoms with Gasteiger partial charge in [-0.05, 0) is 50.5 Å². The van der Waals surface area contributed by atoms with Crippen LogP contribution in [0.25, 0.3) is 0 Å². The summed E-state index contributed by atoms with van der Waals surface area (Å²) < 4.78 is 5.58. The molecule has 0 bridgehead atoms. The Morgan fingerprint density at radius 1 is 1.11 bits per heavy atom. The maximum atomic E-state index is 5.58. The molecule has 1 saturated heterocycles. The molecule has 2 fully saturated rings. The minimum absolute atomic E-state index is 0.435. The van der Waals surface area contributed by atoms with Crippen LogP contribution in [0.5, 0.6) is 0 Å². The average molecular weight is 268 g/mol. The van der Waals surface area contributed by atoms with Gasteiger partial charge in [0.2, 0.25) is 0 Å². The Morgan fingerprint density at radius 3 is 2.53 bits per heavy atom. The SMILES string of the molecule is COC1CN(CCNC2CCC(C)CC2)CCC1C. The van der Waals surface area contributed by atoms with Crippen LogP contribution in [0, 0.1) is 11.8 Å². The van der Waals surface area contributed by atoms with Crippen LogP contribution in [0.1, 0.15) is 46.0 Å². The lowest BCUT2D eigenvalue weighted by atomic mass is 9.87. The van der Waals surface area contributed by atoms with Gasteiger partial charge in [0.25, 0.3) is 0 Å². The molecular formula is C16H32N2O. The van der Waals surface area contributed by atoms with Crippen LogP contribution < -0.4 is 5.32 Å². The second kappa shape index (κ2) is 7.61. The number of hydrogen-bond acceptors (Lipinski definition) is 3. The van der Waals surface area contributed by atoms with Gasteiger partial charge in [0.1, 0.15) is 0 Å². The van der Waals surface area contributed by atoms with E-state index in [0.717, 1.165) is 25.0 Å². The maximum Gasteiger partial charge on any atom is 0.0724 e. The first kappa shape index (κ1) is 15.3. The first-order chi connectivity index (χ1) is 9.19. The van der Waals surface area contributed by atoms with E-state index in [1.165, 1.54) is 45.2 Å². The van der Waals surface area contributed by atoms with E-state index < -0.39 is 0 Å². The van der Waals surface area contributed by atoms with E-state index >= 15 is 0 Å². The monoisotopic (exact) mass is 268 g/mol. The highest BCUT2D eigenvalue weighted by Crippen LogP contribution is 2.23. The zero-order chi connectivity index (χ0) is 13.7. The largest absolute Gasteiger partial charge is 0.380 e. The molecule has 1 aliphatic carbocycles. The van der Waals surface area contributed by atoms with Gasteiger partial charge in [-0.25, -0.2) is 0 Å². The van der Waals surface area contributed by atoms with Gasteiger partial charge in [-0.15, -0.1) is 0 Å². The fourth-order valence-corrected chi connectivity index (χ4v) is 3.50. The van der Waals surface area contributed by atoms with Gasteiger partial charge in [0.15, 0.2) is 0 Å². The summed E-state index contributed by atoms with van der Waals surface area (Å²) in [5.41, 5.74) is 0. The van der Waals surface area contributed by atoms with Crippen molar-refractivity contribution in [3.8, 4) is 0 Å². The fraction of sp³-hybridized carbons (Fsp3) is 1.00. The van der Waals surface area contributed by atoms with E-state index in [0.29, 0.717) is 12.0 Å². The number of nitrogens with zero attached hydrogens (tertiary/aromatic N) is 1. The second-order valence-corrected chi connectivity index (χ2v) is 6.75. The van der Waals surface area contributed by atoms with E-state index in [1.807, 2.05) is 7.11 Å². The molecule has 2 atom stereocenters. The minimum Gasteiger partial charge on any atom is -0.380 e. The lowest BCUT2D eigenvalue weighted by molar-refractivity contribution is -0.00467. The summed E-state index contributed by atoms with van der Waals surface area (Å²) in [6.07, 6.45) is 7.27. The third-order valence-corrected chi connectivity index (χ3v) is 5.15. The highest BCUT2D eigenvalue weighted by Gasteiger charge is 2.25. The highest BCUT2D eigenvalue weighted by atomic mass is 16.5. The smallest absolute Gasteiger partial charge is 0.0724 e. The summed E-state index contributed by atoms with van der Waals surface area (Å²) in [7, 11) is 1.85.